The van der Waals surface area contributed by atoms with E-state index in [4.69, 9.17) is 0 Å². The van der Waals surface area contributed by atoms with Gasteiger partial charge in [-0.25, -0.2) is 0 Å². The molecule has 0 N–H and O–H groups in total. The lowest BCUT2D eigenvalue weighted by molar-refractivity contribution is 1.51. The van der Waals surface area contributed by atoms with E-state index < -0.39 is 0 Å². The molecule has 0 saturated carbocycles. The standard InChI is InChI=1S/C23H20B2/c1-15-18(16-8-4-2-5-9-16)12-13-19-22(15)21(24)14-20(23(19)25)17-10-6-3-7-11-17/h2-14H,24-25H2,1H3. The van der Waals surface area contributed by atoms with Crippen molar-refractivity contribution in [1.82, 2.24) is 0 Å². The fraction of sp³-hybridized carbons (Fsp3) is 0.0435. The van der Waals surface area contributed by atoms with Gasteiger partial charge in [-0.3, -0.25) is 0 Å². The van der Waals surface area contributed by atoms with E-state index in [2.05, 4.69) is 101 Å². The lowest BCUT2D eigenvalue weighted by atomic mass is 9.75. The highest BCUT2D eigenvalue weighted by Crippen LogP contribution is 2.29. The molecule has 0 aromatic heterocycles. The van der Waals surface area contributed by atoms with Crippen LogP contribution >= 0.6 is 0 Å². The molecule has 0 spiro atoms. The van der Waals surface area contributed by atoms with Crippen LogP contribution in [0.4, 0.5) is 0 Å². The van der Waals surface area contributed by atoms with Crippen molar-refractivity contribution < 1.29 is 0 Å². The molecule has 0 nitrogen and oxygen atoms in total. The van der Waals surface area contributed by atoms with Gasteiger partial charge in [-0.05, 0) is 45.5 Å². The van der Waals surface area contributed by atoms with Gasteiger partial charge in [-0.15, -0.1) is 0 Å². The minimum absolute atomic E-state index is 1.28. The van der Waals surface area contributed by atoms with Gasteiger partial charge >= 0.3 is 0 Å². The third-order valence-corrected chi connectivity index (χ3v) is 5.20. The summed E-state index contributed by atoms with van der Waals surface area (Å²) in [5.74, 6) is 0. The Kier molecular flexibility index (Phi) is 3.97. The van der Waals surface area contributed by atoms with Gasteiger partial charge in [-0.1, -0.05) is 89.8 Å². The molecule has 0 fully saturated rings. The molecule has 0 saturated heterocycles. The van der Waals surface area contributed by atoms with E-state index in [1.165, 1.54) is 49.5 Å². The molecule has 4 aromatic rings. The van der Waals surface area contributed by atoms with Gasteiger partial charge in [0.1, 0.15) is 15.7 Å². The highest BCUT2D eigenvalue weighted by atomic mass is 14.1. The molecule has 0 aliphatic carbocycles. The lowest BCUT2D eigenvalue weighted by Gasteiger charge is -2.17. The van der Waals surface area contributed by atoms with Gasteiger partial charge in [0.15, 0.2) is 0 Å². The van der Waals surface area contributed by atoms with Crippen molar-refractivity contribution in [3.63, 3.8) is 0 Å². The Morgan fingerprint density at radius 3 is 1.80 bits per heavy atom. The van der Waals surface area contributed by atoms with Crippen LogP contribution in [0.1, 0.15) is 5.56 Å². The number of hydrogen-bond acceptors (Lipinski definition) is 0. The minimum atomic E-state index is 1.28. The van der Waals surface area contributed by atoms with Crippen molar-refractivity contribution in [2.24, 2.45) is 0 Å². The number of fused-ring (bicyclic) bond motifs is 1. The molecule has 0 atom stereocenters. The van der Waals surface area contributed by atoms with Crippen molar-refractivity contribution in [2.75, 3.05) is 0 Å². The Bertz CT molecular complexity index is 1050. The van der Waals surface area contributed by atoms with Crippen LogP contribution in [0.5, 0.6) is 0 Å². The van der Waals surface area contributed by atoms with E-state index in [1.54, 1.807) is 0 Å². The largest absolute Gasteiger partial charge is 0.140 e. The van der Waals surface area contributed by atoms with E-state index in [0.29, 0.717) is 0 Å². The Morgan fingerprint density at radius 1 is 0.640 bits per heavy atom. The normalized spacial score (nSPS) is 10.9. The maximum absolute atomic E-state index is 2.34. The summed E-state index contributed by atoms with van der Waals surface area (Å²) in [7, 11) is 4.47. The van der Waals surface area contributed by atoms with Gasteiger partial charge in [0, 0.05) is 0 Å². The molecular weight excluding hydrogens is 298 g/mol. The summed E-state index contributed by atoms with van der Waals surface area (Å²) in [5, 5.41) is 2.74. The number of benzene rings is 4. The summed E-state index contributed by atoms with van der Waals surface area (Å²) < 4.78 is 0. The molecule has 0 aliphatic heterocycles. The quantitative estimate of drug-likeness (QED) is 0.499. The molecule has 0 aliphatic rings. The maximum atomic E-state index is 2.34. The van der Waals surface area contributed by atoms with Crippen molar-refractivity contribution in [2.45, 2.75) is 6.92 Å². The Hall–Kier alpha value is -2.73. The fourth-order valence-electron chi connectivity index (χ4n) is 3.92. The molecule has 118 valence electrons. The van der Waals surface area contributed by atoms with Gasteiger partial charge in [0.05, 0.1) is 0 Å². The zero-order valence-corrected chi connectivity index (χ0v) is 15.0. The molecule has 0 unspecified atom stereocenters. The van der Waals surface area contributed by atoms with Crippen molar-refractivity contribution in [3.05, 3.63) is 84.4 Å². The van der Waals surface area contributed by atoms with Gasteiger partial charge in [-0.2, -0.15) is 0 Å². The first kappa shape index (κ1) is 15.8. The molecule has 25 heavy (non-hydrogen) atoms. The summed E-state index contributed by atoms with van der Waals surface area (Å²) in [5.41, 5.74) is 9.29. The number of hydrogen-bond donors (Lipinski definition) is 0. The Balaban J connectivity index is 1.99. The van der Waals surface area contributed by atoms with Crippen LogP contribution in [0, 0.1) is 6.92 Å². The topological polar surface area (TPSA) is 0 Å². The van der Waals surface area contributed by atoms with Crippen LogP contribution in [-0.2, 0) is 0 Å². The van der Waals surface area contributed by atoms with Crippen LogP contribution in [0.25, 0.3) is 33.0 Å². The first-order valence-corrected chi connectivity index (χ1v) is 8.81. The van der Waals surface area contributed by atoms with Crippen LogP contribution in [0.15, 0.2) is 78.9 Å². The monoisotopic (exact) mass is 318 g/mol. The molecule has 4 aromatic carbocycles. The highest BCUT2D eigenvalue weighted by molar-refractivity contribution is 6.48. The minimum Gasteiger partial charge on any atom is -0.0804 e. The lowest BCUT2D eigenvalue weighted by Crippen LogP contribution is -2.17. The van der Waals surface area contributed by atoms with E-state index in [0.717, 1.165) is 0 Å². The average molecular weight is 318 g/mol. The molecule has 0 amide bonds. The van der Waals surface area contributed by atoms with Crippen LogP contribution in [0.3, 0.4) is 0 Å². The predicted octanol–water partition coefficient (Wildman–Crippen LogP) is 3.00. The van der Waals surface area contributed by atoms with Crippen molar-refractivity contribution in [3.8, 4) is 22.3 Å². The SMILES string of the molecule is Bc1c(-c2ccccc2)cc(B)c2c(C)c(-c3ccccc3)ccc12. The third-order valence-electron chi connectivity index (χ3n) is 5.20. The van der Waals surface area contributed by atoms with Gasteiger partial charge in [0.2, 0.25) is 0 Å². The van der Waals surface area contributed by atoms with E-state index in [9.17, 15) is 0 Å². The van der Waals surface area contributed by atoms with Gasteiger partial charge in [0.25, 0.3) is 0 Å². The van der Waals surface area contributed by atoms with Crippen molar-refractivity contribution in [1.29, 1.82) is 0 Å². The number of aryl methyl sites for hydroxylation is 1. The summed E-state index contributed by atoms with van der Waals surface area (Å²) in [6.45, 7) is 2.25. The Labute approximate surface area is 151 Å². The predicted molar refractivity (Wildman–Crippen MR) is 116 cm³/mol. The summed E-state index contributed by atoms with van der Waals surface area (Å²) >= 11 is 0. The zero-order chi connectivity index (χ0) is 17.4. The van der Waals surface area contributed by atoms with E-state index in [1.807, 2.05) is 0 Å². The van der Waals surface area contributed by atoms with E-state index in [-0.39, 0.29) is 0 Å². The second-order valence-corrected chi connectivity index (χ2v) is 6.76. The number of rotatable bonds is 2. The summed E-state index contributed by atoms with van der Waals surface area (Å²) in [6.07, 6.45) is 0. The molecule has 0 heterocycles. The second-order valence-electron chi connectivity index (χ2n) is 6.76. The smallest absolute Gasteiger partial charge is 0.0804 e. The zero-order valence-electron chi connectivity index (χ0n) is 15.0. The highest BCUT2D eigenvalue weighted by Gasteiger charge is 2.12. The van der Waals surface area contributed by atoms with Crippen LogP contribution in [0.2, 0.25) is 0 Å². The molecule has 0 radical (unpaired) electrons. The Morgan fingerprint density at radius 2 is 1.20 bits per heavy atom. The summed E-state index contributed by atoms with van der Waals surface area (Å²) in [6, 6.07) is 28.2. The second kappa shape index (κ2) is 6.29. The first-order valence-electron chi connectivity index (χ1n) is 8.81. The van der Waals surface area contributed by atoms with E-state index >= 15 is 0 Å². The molecular formula is C23H20B2. The summed E-state index contributed by atoms with van der Waals surface area (Å²) in [4.78, 5) is 0. The first-order chi connectivity index (χ1) is 12.2. The van der Waals surface area contributed by atoms with Crippen LogP contribution < -0.4 is 10.9 Å². The molecule has 4 rings (SSSR count). The maximum Gasteiger partial charge on any atom is 0.140 e. The average Bonchev–Trinajstić information content (AvgIpc) is 2.66. The molecule has 0 bridgehead atoms. The van der Waals surface area contributed by atoms with Crippen molar-refractivity contribution >= 4 is 37.4 Å². The van der Waals surface area contributed by atoms with Gasteiger partial charge < -0.3 is 0 Å². The molecule has 2 heteroatoms. The third kappa shape index (κ3) is 2.68. The fourth-order valence-corrected chi connectivity index (χ4v) is 3.92. The van der Waals surface area contributed by atoms with Crippen LogP contribution in [-0.4, -0.2) is 15.7 Å².